The Labute approximate surface area is 358 Å². The van der Waals surface area contributed by atoms with E-state index < -0.39 is 31.4 Å². The number of nitro benzene ring substituents is 1. The van der Waals surface area contributed by atoms with Gasteiger partial charge in [-0.1, -0.05) is 48.0 Å². The van der Waals surface area contributed by atoms with Gasteiger partial charge in [-0.3, -0.25) is 24.7 Å². The smallest absolute Gasteiger partial charge is 0.293 e. The number of carbonyl (C=O) groups excluding carboxylic acids is 1. The number of hydrogen-bond donors (Lipinski definition) is 2. The van der Waals surface area contributed by atoms with Crippen molar-refractivity contribution >= 4 is 56.4 Å². The van der Waals surface area contributed by atoms with Crippen LogP contribution >= 0.6 is 23.4 Å². The van der Waals surface area contributed by atoms with Gasteiger partial charge in [-0.05, 0) is 95.9 Å². The predicted octanol–water partition coefficient (Wildman–Crippen LogP) is 7.79. The molecule has 2 aliphatic rings. The first kappa shape index (κ1) is 43.1. The van der Waals surface area contributed by atoms with Crippen LogP contribution in [0.1, 0.15) is 22.3 Å². The zero-order chi connectivity index (χ0) is 42.1. The third-order valence-electron chi connectivity index (χ3n) is 10.7. The number of hydrogen-bond acceptors (Lipinski definition) is 11. The number of nitro groups is 1. The van der Waals surface area contributed by atoms with Crippen LogP contribution in [0.4, 0.5) is 21.5 Å². The average Bonchev–Trinajstić information content (AvgIpc) is 3.26. The van der Waals surface area contributed by atoms with Gasteiger partial charge in [-0.2, -0.15) is 0 Å². The van der Waals surface area contributed by atoms with Crippen molar-refractivity contribution in [1.29, 1.82) is 0 Å². The van der Waals surface area contributed by atoms with Gasteiger partial charge in [0, 0.05) is 91.4 Å². The Morgan fingerprint density at radius 1 is 0.867 bits per heavy atom. The van der Waals surface area contributed by atoms with Gasteiger partial charge in [-0.15, -0.1) is 11.8 Å². The molecule has 2 N–H and O–H groups in total. The molecule has 0 aromatic heterocycles. The fourth-order valence-electron chi connectivity index (χ4n) is 7.30. The van der Waals surface area contributed by atoms with Crippen molar-refractivity contribution in [1.82, 2.24) is 14.5 Å². The highest BCUT2D eigenvalue weighted by Gasteiger charge is 2.26. The van der Waals surface area contributed by atoms with Crippen molar-refractivity contribution in [3.05, 3.63) is 147 Å². The Kier molecular flexibility index (Phi) is 14.4. The molecular weight excluding hydrogens is 827 g/mol. The number of carbonyl (C=O) groups is 1. The van der Waals surface area contributed by atoms with Gasteiger partial charge in [0.1, 0.15) is 11.5 Å². The highest BCUT2D eigenvalue weighted by Crippen LogP contribution is 2.31. The zero-order valence-corrected chi connectivity index (χ0v) is 35.2. The van der Waals surface area contributed by atoms with E-state index in [-0.39, 0.29) is 23.1 Å². The van der Waals surface area contributed by atoms with E-state index in [2.05, 4.69) is 42.9 Å². The Morgan fingerprint density at radius 3 is 2.27 bits per heavy atom. The zero-order valence-electron chi connectivity index (χ0n) is 32.8. The van der Waals surface area contributed by atoms with E-state index >= 15 is 0 Å². The first-order chi connectivity index (χ1) is 29.0. The SMILES string of the molecule is O=C(NS(=O)(=O)c1ccc(N[C@H](CCN2CCOCC2)CSc2ccc(F)cc2)c([N+](=O)[O-])c1)c1ccc(N2CCN(Cc3ccccc3-c3ccc(Cl)cc3)CC2)cc1. The van der Waals surface area contributed by atoms with E-state index in [0.29, 0.717) is 30.4 Å². The summed E-state index contributed by atoms with van der Waals surface area (Å²) < 4.78 is 47.9. The van der Waals surface area contributed by atoms with Crippen molar-refractivity contribution in [2.24, 2.45) is 0 Å². The fourth-order valence-corrected chi connectivity index (χ4v) is 9.39. The van der Waals surface area contributed by atoms with Crippen LogP contribution in [0.15, 0.2) is 125 Å². The fraction of sp³-hybridized carbons (Fsp3) is 0.295. The number of piperazine rings is 1. The minimum Gasteiger partial charge on any atom is -0.379 e. The molecule has 314 valence electrons. The maximum atomic E-state index is 13.5. The number of halogens is 2. The molecule has 1 atom stereocenters. The van der Waals surface area contributed by atoms with Gasteiger partial charge >= 0.3 is 0 Å². The van der Waals surface area contributed by atoms with Gasteiger partial charge in [0.25, 0.3) is 21.6 Å². The topological polar surface area (TPSA) is 137 Å². The summed E-state index contributed by atoms with van der Waals surface area (Å²) >= 11 is 7.60. The first-order valence-electron chi connectivity index (χ1n) is 19.7. The highest BCUT2D eigenvalue weighted by atomic mass is 35.5. The Hall–Kier alpha value is -5.03. The molecule has 5 aromatic carbocycles. The number of thioether (sulfide) groups is 1. The van der Waals surface area contributed by atoms with E-state index in [1.54, 1.807) is 36.4 Å². The van der Waals surface area contributed by atoms with Crippen LogP contribution < -0.4 is 14.9 Å². The van der Waals surface area contributed by atoms with Gasteiger partial charge in [0.15, 0.2) is 0 Å². The van der Waals surface area contributed by atoms with Crippen LogP contribution in [0.5, 0.6) is 0 Å². The second-order valence-electron chi connectivity index (χ2n) is 14.7. The molecule has 2 heterocycles. The molecule has 2 saturated heterocycles. The van der Waals surface area contributed by atoms with Crippen molar-refractivity contribution in [2.45, 2.75) is 28.8 Å². The summed E-state index contributed by atoms with van der Waals surface area (Å²) in [6, 6.07) is 32.4. The van der Waals surface area contributed by atoms with Gasteiger partial charge in [-0.25, -0.2) is 17.5 Å². The van der Waals surface area contributed by atoms with Crippen LogP contribution in [0.2, 0.25) is 5.02 Å². The number of nitrogens with zero attached hydrogens (tertiary/aromatic N) is 4. The lowest BCUT2D eigenvalue weighted by Crippen LogP contribution is -2.46. The molecule has 0 spiro atoms. The highest BCUT2D eigenvalue weighted by molar-refractivity contribution is 7.99. The van der Waals surface area contributed by atoms with Gasteiger partial charge in [0.2, 0.25) is 0 Å². The minimum atomic E-state index is -4.48. The molecule has 60 heavy (non-hydrogen) atoms. The molecular formula is C44H46ClFN6O6S2. The molecule has 1 amide bonds. The Balaban J connectivity index is 0.960. The summed E-state index contributed by atoms with van der Waals surface area (Å²) in [5.74, 6) is -0.678. The lowest BCUT2D eigenvalue weighted by Gasteiger charge is -2.36. The molecule has 5 aromatic rings. The van der Waals surface area contributed by atoms with Crippen molar-refractivity contribution < 1.29 is 27.3 Å². The van der Waals surface area contributed by atoms with E-state index in [1.807, 2.05) is 30.3 Å². The van der Waals surface area contributed by atoms with Crippen LogP contribution in [0.25, 0.3) is 11.1 Å². The lowest BCUT2D eigenvalue weighted by atomic mass is 9.99. The second kappa shape index (κ2) is 20.0. The molecule has 12 nitrogen and oxygen atoms in total. The van der Waals surface area contributed by atoms with E-state index in [0.717, 1.165) is 74.6 Å². The van der Waals surface area contributed by atoms with Crippen LogP contribution in [0.3, 0.4) is 0 Å². The third kappa shape index (κ3) is 11.4. The summed E-state index contributed by atoms with van der Waals surface area (Å²) in [4.78, 5) is 32.2. The standard InChI is InChI=1S/C44H46ClFN6O6S2/c45-35-9-5-32(6-10-35)41-4-2-1-3-34(41)30-50-21-23-51(24-22-50)38-13-7-33(8-14-38)44(53)48-60(56,57)40-17-18-42(43(29-40)52(54)55)47-37(19-20-49-25-27-58-28-26-49)31-59-39-15-11-36(46)12-16-39/h1-18,29,37,47H,19-28,30-31H2,(H,48,53)/t37-/m1/s1. The van der Waals surface area contributed by atoms with Crippen LogP contribution in [-0.4, -0.2) is 99.9 Å². The molecule has 0 saturated carbocycles. The molecule has 0 radical (unpaired) electrons. The quantitative estimate of drug-likeness (QED) is 0.0571. The number of amides is 1. The molecule has 2 fully saturated rings. The number of morpholine rings is 1. The number of sulfonamides is 1. The van der Waals surface area contributed by atoms with E-state index in [9.17, 15) is 27.7 Å². The van der Waals surface area contributed by atoms with Gasteiger partial charge in [0.05, 0.1) is 23.0 Å². The van der Waals surface area contributed by atoms with Gasteiger partial charge < -0.3 is 15.0 Å². The first-order valence-corrected chi connectivity index (χ1v) is 22.6. The number of ether oxygens (including phenoxy) is 1. The summed E-state index contributed by atoms with van der Waals surface area (Å²) in [5.41, 5.74) is 4.28. The molecule has 0 unspecified atom stereocenters. The van der Waals surface area contributed by atoms with Crippen LogP contribution in [-0.2, 0) is 21.3 Å². The van der Waals surface area contributed by atoms with Crippen molar-refractivity contribution in [3.63, 3.8) is 0 Å². The number of rotatable bonds is 16. The average molecular weight is 873 g/mol. The molecule has 7 rings (SSSR count). The Morgan fingerprint density at radius 2 is 1.57 bits per heavy atom. The van der Waals surface area contributed by atoms with E-state index in [4.69, 9.17) is 16.3 Å². The maximum absolute atomic E-state index is 13.5. The summed E-state index contributed by atoms with van der Waals surface area (Å²) in [7, 11) is -4.48. The predicted molar refractivity (Wildman–Crippen MR) is 235 cm³/mol. The van der Waals surface area contributed by atoms with E-state index in [1.165, 1.54) is 47.2 Å². The lowest BCUT2D eigenvalue weighted by molar-refractivity contribution is -0.384. The summed E-state index contributed by atoms with van der Waals surface area (Å²) in [5, 5.41) is 16.3. The molecule has 0 aliphatic carbocycles. The largest absolute Gasteiger partial charge is 0.379 e. The summed E-state index contributed by atoms with van der Waals surface area (Å²) in [6.45, 7) is 7.56. The number of anilines is 2. The number of benzene rings is 5. The molecule has 2 aliphatic heterocycles. The monoisotopic (exact) mass is 872 g/mol. The second-order valence-corrected chi connectivity index (χ2v) is 17.9. The minimum absolute atomic E-state index is 0.134. The number of nitrogens with one attached hydrogen (secondary N) is 2. The maximum Gasteiger partial charge on any atom is 0.293 e. The third-order valence-corrected chi connectivity index (χ3v) is 13.4. The molecule has 0 bridgehead atoms. The van der Waals surface area contributed by atoms with Crippen LogP contribution in [0, 0.1) is 15.9 Å². The molecule has 16 heteroatoms. The van der Waals surface area contributed by atoms with Crippen molar-refractivity contribution in [2.75, 3.05) is 75.0 Å². The normalized spacial score (nSPS) is 15.7. The Bertz CT molecular complexity index is 2360. The van der Waals surface area contributed by atoms with Crippen molar-refractivity contribution in [3.8, 4) is 11.1 Å². The summed E-state index contributed by atoms with van der Waals surface area (Å²) in [6.07, 6.45) is 0.636.